The Hall–Kier alpha value is -0.340. The smallest absolute Gasteiger partial charge is 0.0526 e. The third-order valence-corrected chi connectivity index (χ3v) is 3.33. The second kappa shape index (κ2) is 6.41. The molecule has 0 bridgehead atoms. The van der Waals surface area contributed by atoms with Crippen LogP contribution < -0.4 is 5.32 Å². The predicted molar refractivity (Wildman–Crippen MR) is 69.4 cm³/mol. The van der Waals surface area contributed by atoms with Crippen LogP contribution in [0.25, 0.3) is 0 Å². The van der Waals surface area contributed by atoms with Gasteiger partial charge in [0.05, 0.1) is 6.10 Å². The Morgan fingerprint density at radius 1 is 1.50 bits per heavy atom. The van der Waals surface area contributed by atoms with Gasteiger partial charge in [-0.3, -0.25) is 0 Å². The molecule has 0 radical (unpaired) electrons. The van der Waals surface area contributed by atoms with Crippen molar-refractivity contribution >= 4 is 0 Å². The minimum atomic E-state index is -0.200. The minimum Gasteiger partial charge on any atom is -0.393 e. The molecular weight excluding hydrogens is 198 g/mol. The maximum Gasteiger partial charge on any atom is 0.0526 e. The molecule has 4 unspecified atom stereocenters. The molecule has 0 amide bonds. The lowest BCUT2D eigenvalue weighted by molar-refractivity contribution is 0.169. The molecule has 1 rings (SSSR count). The van der Waals surface area contributed by atoms with E-state index in [2.05, 4.69) is 32.2 Å². The van der Waals surface area contributed by atoms with Crippen molar-refractivity contribution in [2.75, 3.05) is 6.54 Å². The number of aliphatic hydroxyl groups excluding tert-OH is 1. The fourth-order valence-electron chi connectivity index (χ4n) is 2.80. The SMILES string of the molecule is CC1=CC(C)CC(CNC(C)CC(C)O)C1. The quantitative estimate of drug-likeness (QED) is 0.705. The van der Waals surface area contributed by atoms with Crippen LogP contribution in [0.1, 0.15) is 47.0 Å². The van der Waals surface area contributed by atoms with Gasteiger partial charge in [0.2, 0.25) is 0 Å². The van der Waals surface area contributed by atoms with Crippen LogP contribution in [0.4, 0.5) is 0 Å². The fraction of sp³-hybridized carbons (Fsp3) is 0.857. The van der Waals surface area contributed by atoms with E-state index in [0.29, 0.717) is 6.04 Å². The van der Waals surface area contributed by atoms with Crippen LogP contribution in [0.15, 0.2) is 11.6 Å². The molecule has 1 aliphatic rings. The van der Waals surface area contributed by atoms with Crippen molar-refractivity contribution in [2.45, 2.75) is 59.1 Å². The van der Waals surface area contributed by atoms with E-state index in [4.69, 9.17) is 0 Å². The van der Waals surface area contributed by atoms with Crippen molar-refractivity contribution < 1.29 is 5.11 Å². The highest BCUT2D eigenvalue weighted by Gasteiger charge is 2.18. The topological polar surface area (TPSA) is 32.3 Å². The van der Waals surface area contributed by atoms with Gasteiger partial charge in [0, 0.05) is 6.04 Å². The Bertz CT molecular complexity index is 235. The lowest BCUT2D eigenvalue weighted by Gasteiger charge is -2.27. The molecule has 16 heavy (non-hydrogen) atoms. The Morgan fingerprint density at radius 2 is 2.19 bits per heavy atom. The van der Waals surface area contributed by atoms with E-state index >= 15 is 0 Å². The van der Waals surface area contributed by atoms with Crippen LogP contribution >= 0.6 is 0 Å². The van der Waals surface area contributed by atoms with Gasteiger partial charge in [0.15, 0.2) is 0 Å². The molecule has 0 spiro atoms. The summed E-state index contributed by atoms with van der Waals surface area (Å²) in [6.07, 6.45) is 5.58. The van der Waals surface area contributed by atoms with Crippen molar-refractivity contribution in [3.63, 3.8) is 0 Å². The van der Waals surface area contributed by atoms with Gasteiger partial charge in [-0.05, 0) is 58.4 Å². The molecule has 0 aliphatic heterocycles. The molecule has 0 aromatic carbocycles. The molecule has 0 aromatic heterocycles. The number of rotatable bonds is 5. The summed E-state index contributed by atoms with van der Waals surface area (Å²) in [6.45, 7) is 9.63. The van der Waals surface area contributed by atoms with E-state index in [9.17, 15) is 5.11 Å². The first-order valence-electron chi connectivity index (χ1n) is 6.56. The molecule has 0 fully saturated rings. The zero-order valence-electron chi connectivity index (χ0n) is 11.2. The van der Waals surface area contributed by atoms with Crippen LogP contribution in [-0.2, 0) is 0 Å². The lowest BCUT2D eigenvalue weighted by Crippen LogP contribution is -2.34. The summed E-state index contributed by atoms with van der Waals surface area (Å²) in [6, 6.07) is 0.418. The van der Waals surface area contributed by atoms with E-state index in [-0.39, 0.29) is 6.10 Å². The number of aliphatic hydroxyl groups is 1. The molecule has 0 heterocycles. The zero-order chi connectivity index (χ0) is 12.1. The van der Waals surface area contributed by atoms with Gasteiger partial charge in [-0.25, -0.2) is 0 Å². The van der Waals surface area contributed by atoms with Gasteiger partial charge in [-0.15, -0.1) is 0 Å². The highest BCUT2D eigenvalue weighted by Crippen LogP contribution is 2.27. The van der Waals surface area contributed by atoms with Crippen LogP contribution in [0.3, 0.4) is 0 Å². The molecule has 1 aliphatic carbocycles. The Balaban J connectivity index is 2.25. The monoisotopic (exact) mass is 225 g/mol. The number of hydrogen-bond donors (Lipinski definition) is 2. The molecule has 4 atom stereocenters. The first-order valence-corrected chi connectivity index (χ1v) is 6.56. The van der Waals surface area contributed by atoms with Gasteiger partial charge >= 0.3 is 0 Å². The van der Waals surface area contributed by atoms with Gasteiger partial charge in [0.25, 0.3) is 0 Å². The summed E-state index contributed by atoms with van der Waals surface area (Å²) in [5.74, 6) is 1.50. The predicted octanol–water partition coefficient (Wildman–Crippen LogP) is 2.73. The Kier molecular flexibility index (Phi) is 5.50. The van der Waals surface area contributed by atoms with Gasteiger partial charge < -0.3 is 10.4 Å². The lowest BCUT2D eigenvalue weighted by atomic mass is 9.83. The maximum absolute atomic E-state index is 9.29. The van der Waals surface area contributed by atoms with Crippen LogP contribution in [0.5, 0.6) is 0 Å². The molecular formula is C14H27NO. The average Bonchev–Trinajstić information content (AvgIpc) is 2.12. The highest BCUT2D eigenvalue weighted by atomic mass is 16.3. The summed E-state index contributed by atoms with van der Waals surface area (Å²) in [5.41, 5.74) is 1.54. The summed E-state index contributed by atoms with van der Waals surface area (Å²) in [4.78, 5) is 0. The first kappa shape index (κ1) is 13.7. The highest BCUT2D eigenvalue weighted by molar-refractivity contribution is 5.06. The van der Waals surface area contributed by atoms with E-state index in [1.54, 1.807) is 0 Å². The molecule has 0 aromatic rings. The van der Waals surface area contributed by atoms with Crippen molar-refractivity contribution in [3.8, 4) is 0 Å². The van der Waals surface area contributed by atoms with Crippen molar-refractivity contribution in [1.82, 2.24) is 5.32 Å². The van der Waals surface area contributed by atoms with E-state index in [1.807, 2.05) is 6.92 Å². The summed E-state index contributed by atoms with van der Waals surface area (Å²) in [5, 5.41) is 12.8. The summed E-state index contributed by atoms with van der Waals surface area (Å²) in [7, 11) is 0. The average molecular weight is 225 g/mol. The van der Waals surface area contributed by atoms with E-state index in [1.165, 1.54) is 18.4 Å². The standard InChI is InChI=1S/C14H27NO/c1-10-5-11(2)7-14(6-10)9-15-12(3)8-13(4)16/h5,10,12-16H,6-9H2,1-4H3. The second-order valence-electron chi connectivity index (χ2n) is 5.69. The van der Waals surface area contributed by atoms with Crippen molar-refractivity contribution in [2.24, 2.45) is 11.8 Å². The van der Waals surface area contributed by atoms with E-state index in [0.717, 1.165) is 24.8 Å². The Labute approximate surface area is 100 Å². The second-order valence-corrected chi connectivity index (χ2v) is 5.69. The first-order chi connectivity index (χ1) is 7.47. The van der Waals surface area contributed by atoms with Gasteiger partial charge in [-0.1, -0.05) is 18.6 Å². The van der Waals surface area contributed by atoms with Crippen LogP contribution in [0, 0.1) is 11.8 Å². The molecule has 0 saturated carbocycles. The third-order valence-electron chi connectivity index (χ3n) is 3.33. The van der Waals surface area contributed by atoms with Gasteiger partial charge in [0.1, 0.15) is 0 Å². The molecule has 94 valence electrons. The van der Waals surface area contributed by atoms with Gasteiger partial charge in [-0.2, -0.15) is 0 Å². The molecule has 2 N–H and O–H groups in total. The van der Waals surface area contributed by atoms with E-state index < -0.39 is 0 Å². The third kappa shape index (κ3) is 5.13. The number of hydrogen-bond acceptors (Lipinski definition) is 2. The minimum absolute atomic E-state index is 0.200. The van der Waals surface area contributed by atoms with Crippen LogP contribution in [-0.4, -0.2) is 23.8 Å². The van der Waals surface area contributed by atoms with Crippen molar-refractivity contribution in [1.29, 1.82) is 0 Å². The molecule has 2 nitrogen and oxygen atoms in total. The summed E-state index contributed by atoms with van der Waals surface area (Å²) < 4.78 is 0. The normalized spacial score (nSPS) is 29.7. The maximum atomic E-state index is 9.29. The number of allylic oxidation sites excluding steroid dienone is 2. The Morgan fingerprint density at radius 3 is 2.75 bits per heavy atom. The molecule has 2 heteroatoms. The van der Waals surface area contributed by atoms with Crippen molar-refractivity contribution in [3.05, 3.63) is 11.6 Å². The largest absolute Gasteiger partial charge is 0.393 e. The summed E-state index contributed by atoms with van der Waals surface area (Å²) >= 11 is 0. The zero-order valence-corrected chi connectivity index (χ0v) is 11.2. The fourth-order valence-corrected chi connectivity index (χ4v) is 2.80. The number of nitrogens with one attached hydrogen (secondary N) is 1. The molecule has 0 saturated heterocycles. The van der Waals surface area contributed by atoms with Crippen LogP contribution in [0.2, 0.25) is 0 Å².